The zero-order valence-corrected chi connectivity index (χ0v) is 10.5. The first-order valence-electron chi connectivity index (χ1n) is 6.31. The van der Waals surface area contributed by atoms with E-state index in [1.165, 1.54) is 0 Å². The third kappa shape index (κ3) is 4.37. The van der Waals surface area contributed by atoms with Crippen molar-refractivity contribution in [3.05, 3.63) is 0 Å². The second-order valence-corrected chi connectivity index (χ2v) is 4.39. The van der Waals surface area contributed by atoms with Crippen LogP contribution in [0.1, 0.15) is 26.7 Å². The van der Waals surface area contributed by atoms with Gasteiger partial charge in [-0.1, -0.05) is 13.8 Å². The Bertz CT molecular complexity index is 177. The van der Waals surface area contributed by atoms with Crippen LogP contribution in [0, 0.1) is 5.92 Å². The van der Waals surface area contributed by atoms with E-state index in [2.05, 4.69) is 0 Å². The van der Waals surface area contributed by atoms with E-state index >= 15 is 0 Å². The van der Waals surface area contributed by atoms with Gasteiger partial charge in [0.15, 0.2) is 0 Å². The molecule has 2 fully saturated rings. The molecule has 0 aromatic carbocycles. The van der Waals surface area contributed by atoms with Crippen LogP contribution in [-0.2, 0) is 14.2 Å². The fraction of sp³-hybridized carbons (Fsp3) is 1.00. The summed E-state index contributed by atoms with van der Waals surface area (Å²) in [6.45, 7) is 8.69. The zero-order chi connectivity index (χ0) is 11.9. The zero-order valence-electron chi connectivity index (χ0n) is 10.5. The summed E-state index contributed by atoms with van der Waals surface area (Å²) < 4.78 is 16.0. The van der Waals surface area contributed by atoms with Gasteiger partial charge in [-0.3, -0.25) is 0 Å². The Hall–Kier alpha value is -0.160. The largest absolute Gasteiger partial charge is 0.381 e. The summed E-state index contributed by atoms with van der Waals surface area (Å²) in [6, 6.07) is 0. The van der Waals surface area contributed by atoms with Gasteiger partial charge < -0.3 is 19.9 Å². The van der Waals surface area contributed by atoms with Crippen molar-refractivity contribution in [1.82, 2.24) is 0 Å². The second-order valence-electron chi connectivity index (χ2n) is 4.39. The lowest BCUT2D eigenvalue weighted by atomic mass is 9.92. The van der Waals surface area contributed by atoms with Crippen molar-refractivity contribution < 1.29 is 14.2 Å². The van der Waals surface area contributed by atoms with Gasteiger partial charge in [-0.2, -0.15) is 0 Å². The molecular formula is C12H25NO3. The fourth-order valence-corrected chi connectivity index (χ4v) is 1.73. The van der Waals surface area contributed by atoms with Gasteiger partial charge in [-0.15, -0.1) is 0 Å². The van der Waals surface area contributed by atoms with E-state index in [0.717, 1.165) is 45.9 Å². The molecule has 0 spiro atoms. The first kappa shape index (κ1) is 13.9. The van der Waals surface area contributed by atoms with Crippen molar-refractivity contribution in [2.75, 3.05) is 39.6 Å². The van der Waals surface area contributed by atoms with E-state index in [1.807, 2.05) is 13.8 Å². The summed E-state index contributed by atoms with van der Waals surface area (Å²) in [5.41, 5.74) is 6.02. The highest BCUT2D eigenvalue weighted by Gasteiger charge is 2.29. The Morgan fingerprint density at radius 2 is 1.81 bits per heavy atom. The molecule has 2 heterocycles. The van der Waals surface area contributed by atoms with Crippen LogP contribution in [0.15, 0.2) is 0 Å². The van der Waals surface area contributed by atoms with Crippen LogP contribution in [-0.4, -0.2) is 45.2 Å². The van der Waals surface area contributed by atoms with Crippen molar-refractivity contribution in [3.8, 4) is 0 Å². The maximum atomic E-state index is 6.17. The Morgan fingerprint density at radius 3 is 2.31 bits per heavy atom. The lowest BCUT2D eigenvalue weighted by molar-refractivity contribution is -0.0831. The average Bonchev–Trinajstić information content (AvgIpc) is 2.26. The fourth-order valence-electron chi connectivity index (χ4n) is 1.73. The molecule has 2 N–H and O–H groups in total. The van der Waals surface area contributed by atoms with Crippen LogP contribution in [0.25, 0.3) is 0 Å². The van der Waals surface area contributed by atoms with Crippen molar-refractivity contribution in [3.63, 3.8) is 0 Å². The minimum absolute atomic E-state index is 0.150. The SMILES string of the molecule is CC.NC1(COCC2COC2)CCOCC1. The summed E-state index contributed by atoms with van der Waals surface area (Å²) in [6.07, 6.45) is 1.82. The van der Waals surface area contributed by atoms with Gasteiger partial charge >= 0.3 is 0 Å². The molecule has 16 heavy (non-hydrogen) atoms. The summed E-state index contributed by atoms with van der Waals surface area (Å²) in [7, 11) is 0. The predicted octanol–water partition coefficient (Wildman–Crippen LogP) is 1.18. The molecule has 0 atom stereocenters. The number of hydrogen-bond donors (Lipinski definition) is 1. The van der Waals surface area contributed by atoms with E-state index in [0.29, 0.717) is 12.5 Å². The Labute approximate surface area is 98.4 Å². The Morgan fingerprint density at radius 1 is 1.19 bits per heavy atom. The van der Waals surface area contributed by atoms with E-state index < -0.39 is 0 Å². The summed E-state index contributed by atoms with van der Waals surface area (Å²) in [5.74, 6) is 0.596. The monoisotopic (exact) mass is 231 g/mol. The van der Waals surface area contributed by atoms with Crippen molar-refractivity contribution in [1.29, 1.82) is 0 Å². The molecule has 0 saturated carbocycles. The highest BCUT2D eigenvalue weighted by atomic mass is 16.5. The quantitative estimate of drug-likeness (QED) is 0.789. The molecule has 2 rings (SSSR count). The molecule has 0 amide bonds. The Balaban J connectivity index is 0.000000606. The molecule has 0 bridgehead atoms. The smallest absolute Gasteiger partial charge is 0.0648 e. The molecular weight excluding hydrogens is 206 g/mol. The molecule has 0 unspecified atom stereocenters. The van der Waals surface area contributed by atoms with E-state index in [9.17, 15) is 0 Å². The topological polar surface area (TPSA) is 53.7 Å². The van der Waals surface area contributed by atoms with Crippen molar-refractivity contribution in [2.45, 2.75) is 32.2 Å². The van der Waals surface area contributed by atoms with Gasteiger partial charge in [0.05, 0.1) is 26.4 Å². The molecule has 96 valence electrons. The standard InChI is InChI=1S/C10H19NO3.C2H6/c11-10(1-3-12-4-2-10)8-14-7-9-5-13-6-9;1-2/h9H,1-8,11H2;1-2H3. The molecule has 4 heteroatoms. The lowest BCUT2D eigenvalue weighted by Crippen LogP contribution is -2.49. The minimum atomic E-state index is -0.150. The molecule has 2 aliphatic heterocycles. The number of hydrogen-bond acceptors (Lipinski definition) is 4. The molecule has 0 aromatic rings. The molecule has 0 aromatic heterocycles. The van der Waals surface area contributed by atoms with E-state index in [-0.39, 0.29) is 5.54 Å². The highest BCUT2D eigenvalue weighted by molar-refractivity contribution is 4.86. The van der Waals surface area contributed by atoms with Crippen molar-refractivity contribution in [2.24, 2.45) is 11.7 Å². The molecule has 2 saturated heterocycles. The van der Waals surface area contributed by atoms with Crippen LogP contribution in [0.2, 0.25) is 0 Å². The van der Waals surface area contributed by atoms with Gasteiger partial charge in [0, 0.05) is 24.7 Å². The van der Waals surface area contributed by atoms with Crippen LogP contribution >= 0.6 is 0 Å². The van der Waals surface area contributed by atoms with Crippen molar-refractivity contribution >= 4 is 0 Å². The van der Waals surface area contributed by atoms with Crippen LogP contribution in [0.5, 0.6) is 0 Å². The van der Waals surface area contributed by atoms with Crippen LogP contribution < -0.4 is 5.73 Å². The van der Waals surface area contributed by atoms with Crippen LogP contribution in [0.4, 0.5) is 0 Å². The average molecular weight is 231 g/mol. The Kier molecular flexibility index (Phi) is 6.28. The van der Waals surface area contributed by atoms with E-state index in [1.54, 1.807) is 0 Å². The van der Waals surface area contributed by atoms with Gasteiger partial charge in [-0.05, 0) is 12.8 Å². The lowest BCUT2D eigenvalue weighted by Gasteiger charge is -2.34. The van der Waals surface area contributed by atoms with Gasteiger partial charge in [0.1, 0.15) is 0 Å². The second kappa shape index (κ2) is 7.22. The number of rotatable bonds is 4. The third-order valence-electron chi connectivity index (χ3n) is 2.94. The first-order chi connectivity index (χ1) is 7.79. The summed E-state index contributed by atoms with van der Waals surface area (Å²) in [4.78, 5) is 0. The van der Waals surface area contributed by atoms with E-state index in [4.69, 9.17) is 19.9 Å². The third-order valence-corrected chi connectivity index (χ3v) is 2.94. The number of nitrogens with two attached hydrogens (primary N) is 1. The molecule has 4 nitrogen and oxygen atoms in total. The summed E-state index contributed by atoms with van der Waals surface area (Å²) >= 11 is 0. The maximum absolute atomic E-state index is 6.17. The molecule has 2 aliphatic rings. The van der Waals surface area contributed by atoms with Gasteiger partial charge in [0.2, 0.25) is 0 Å². The molecule has 0 radical (unpaired) electrons. The highest BCUT2D eigenvalue weighted by Crippen LogP contribution is 2.19. The number of ether oxygens (including phenoxy) is 3. The van der Waals surface area contributed by atoms with Gasteiger partial charge in [-0.25, -0.2) is 0 Å². The predicted molar refractivity (Wildman–Crippen MR) is 63.4 cm³/mol. The summed E-state index contributed by atoms with van der Waals surface area (Å²) in [5, 5.41) is 0. The minimum Gasteiger partial charge on any atom is -0.381 e. The first-order valence-corrected chi connectivity index (χ1v) is 6.31. The normalized spacial score (nSPS) is 24.2. The van der Waals surface area contributed by atoms with Gasteiger partial charge in [0.25, 0.3) is 0 Å². The maximum Gasteiger partial charge on any atom is 0.0648 e. The van der Waals surface area contributed by atoms with Crippen LogP contribution in [0.3, 0.4) is 0 Å². The molecule has 0 aliphatic carbocycles.